The number of carbonyl (C=O) groups excluding carboxylic acids is 1. The molecule has 0 aliphatic heterocycles. The van der Waals surface area contributed by atoms with Crippen LogP contribution in [0, 0.1) is 5.92 Å². The highest BCUT2D eigenvalue weighted by Crippen LogP contribution is 2.29. The molecule has 0 aromatic rings. The lowest BCUT2D eigenvalue weighted by Crippen LogP contribution is -2.27. The lowest BCUT2D eigenvalue weighted by atomic mass is 10.2. The largest absolute Gasteiger partial charge is 0.303 e. The first kappa shape index (κ1) is 11.7. The zero-order valence-electron chi connectivity index (χ0n) is 9.59. The average molecular weight is 197 g/mol. The SMILES string of the molecule is CCC(=O)CCCN(CC)CC1CC1. The van der Waals surface area contributed by atoms with Gasteiger partial charge in [0.15, 0.2) is 0 Å². The van der Waals surface area contributed by atoms with Crippen molar-refractivity contribution >= 4 is 5.78 Å². The van der Waals surface area contributed by atoms with Crippen LogP contribution in [0.2, 0.25) is 0 Å². The van der Waals surface area contributed by atoms with E-state index in [0.29, 0.717) is 12.2 Å². The van der Waals surface area contributed by atoms with Crippen LogP contribution in [-0.2, 0) is 4.79 Å². The molecule has 0 bridgehead atoms. The summed E-state index contributed by atoms with van der Waals surface area (Å²) in [5.74, 6) is 1.38. The molecule has 0 amide bonds. The quantitative estimate of drug-likeness (QED) is 0.596. The highest BCUT2D eigenvalue weighted by molar-refractivity contribution is 5.77. The molecule has 0 radical (unpaired) electrons. The standard InChI is InChI=1S/C12H23NO/c1-3-12(14)6-5-9-13(4-2)10-11-7-8-11/h11H,3-10H2,1-2H3. The minimum Gasteiger partial charge on any atom is -0.303 e. The van der Waals surface area contributed by atoms with E-state index in [2.05, 4.69) is 11.8 Å². The Morgan fingerprint density at radius 3 is 2.57 bits per heavy atom. The number of hydrogen-bond acceptors (Lipinski definition) is 2. The third kappa shape index (κ3) is 4.75. The fourth-order valence-electron chi connectivity index (χ4n) is 1.72. The normalized spacial score (nSPS) is 16.2. The third-order valence-electron chi connectivity index (χ3n) is 2.98. The maximum absolute atomic E-state index is 11.1. The molecule has 1 aliphatic carbocycles. The highest BCUT2D eigenvalue weighted by atomic mass is 16.1. The van der Waals surface area contributed by atoms with Crippen LogP contribution in [0.15, 0.2) is 0 Å². The van der Waals surface area contributed by atoms with E-state index in [4.69, 9.17) is 0 Å². The molecule has 1 rings (SSSR count). The Hall–Kier alpha value is -0.370. The van der Waals surface area contributed by atoms with E-state index in [0.717, 1.165) is 31.8 Å². The van der Waals surface area contributed by atoms with Crippen LogP contribution < -0.4 is 0 Å². The van der Waals surface area contributed by atoms with Gasteiger partial charge < -0.3 is 4.90 Å². The Morgan fingerprint density at radius 2 is 2.07 bits per heavy atom. The van der Waals surface area contributed by atoms with E-state index in [-0.39, 0.29) is 0 Å². The summed E-state index contributed by atoms with van der Waals surface area (Å²) in [6, 6.07) is 0. The molecule has 0 aromatic carbocycles. The van der Waals surface area contributed by atoms with Gasteiger partial charge in [0.2, 0.25) is 0 Å². The van der Waals surface area contributed by atoms with E-state index >= 15 is 0 Å². The van der Waals surface area contributed by atoms with Crippen molar-refractivity contribution in [1.29, 1.82) is 0 Å². The van der Waals surface area contributed by atoms with Crippen LogP contribution in [-0.4, -0.2) is 30.3 Å². The molecule has 1 saturated carbocycles. The highest BCUT2D eigenvalue weighted by Gasteiger charge is 2.23. The third-order valence-corrected chi connectivity index (χ3v) is 2.98. The molecule has 14 heavy (non-hydrogen) atoms. The van der Waals surface area contributed by atoms with Crippen LogP contribution in [0.3, 0.4) is 0 Å². The van der Waals surface area contributed by atoms with Gasteiger partial charge in [0.1, 0.15) is 5.78 Å². The summed E-state index contributed by atoms with van der Waals surface area (Å²) in [6.07, 6.45) is 5.37. The fraction of sp³-hybridized carbons (Fsp3) is 0.917. The van der Waals surface area contributed by atoms with E-state index in [1.54, 1.807) is 0 Å². The van der Waals surface area contributed by atoms with Gasteiger partial charge in [0.25, 0.3) is 0 Å². The van der Waals surface area contributed by atoms with Crippen LogP contribution in [0.25, 0.3) is 0 Å². The molecule has 1 fully saturated rings. The van der Waals surface area contributed by atoms with Gasteiger partial charge in [0, 0.05) is 19.4 Å². The van der Waals surface area contributed by atoms with Crippen molar-refractivity contribution < 1.29 is 4.79 Å². The summed E-state index contributed by atoms with van der Waals surface area (Å²) in [7, 11) is 0. The number of rotatable bonds is 8. The number of hydrogen-bond donors (Lipinski definition) is 0. The zero-order valence-corrected chi connectivity index (χ0v) is 9.59. The van der Waals surface area contributed by atoms with Crippen molar-refractivity contribution in [3.05, 3.63) is 0 Å². The Kier molecular flexibility index (Phi) is 5.16. The monoisotopic (exact) mass is 197 g/mol. The van der Waals surface area contributed by atoms with Gasteiger partial charge in [-0.3, -0.25) is 4.79 Å². The summed E-state index contributed by atoms with van der Waals surface area (Å²) in [5, 5.41) is 0. The van der Waals surface area contributed by atoms with Crippen LogP contribution >= 0.6 is 0 Å². The van der Waals surface area contributed by atoms with Crippen molar-refractivity contribution in [1.82, 2.24) is 4.90 Å². The van der Waals surface area contributed by atoms with Crippen LogP contribution in [0.4, 0.5) is 0 Å². The molecular weight excluding hydrogens is 174 g/mol. The van der Waals surface area contributed by atoms with E-state index in [1.165, 1.54) is 19.4 Å². The predicted molar refractivity (Wildman–Crippen MR) is 59.4 cm³/mol. The van der Waals surface area contributed by atoms with E-state index in [1.807, 2.05) is 6.92 Å². The zero-order chi connectivity index (χ0) is 10.4. The number of nitrogens with zero attached hydrogens (tertiary/aromatic N) is 1. The molecule has 2 nitrogen and oxygen atoms in total. The van der Waals surface area contributed by atoms with Crippen molar-refractivity contribution in [2.45, 2.75) is 46.0 Å². The van der Waals surface area contributed by atoms with E-state index < -0.39 is 0 Å². The van der Waals surface area contributed by atoms with Gasteiger partial charge in [-0.1, -0.05) is 13.8 Å². The molecule has 0 saturated heterocycles. The molecule has 2 heteroatoms. The van der Waals surface area contributed by atoms with Crippen molar-refractivity contribution in [2.75, 3.05) is 19.6 Å². The topological polar surface area (TPSA) is 20.3 Å². The number of ketones is 1. The first-order valence-corrected chi connectivity index (χ1v) is 6.00. The van der Waals surface area contributed by atoms with Gasteiger partial charge in [-0.2, -0.15) is 0 Å². The minimum absolute atomic E-state index is 0.410. The molecule has 1 aliphatic rings. The van der Waals surface area contributed by atoms with Gasteiger partial charge in [-0.15, -0.1) is 0 Å². The van der Waals surface area contributed by atoms with E-state index in [9.17, 15) is 4.79 Å². The Bertz CT molecular complexity index is 175. The van der Waals surface area contributed by atoms with Crippen LogP contribution in [0.5, 0.6) is 0 Å². The Labute approximate surface area is 87.7 Å². The Morgan fingerprint density at radius 1 is 1.36 bits per heavy atom. The van der Waals surface area contributed by atoms with Gasteiger partial charge in [-0.05, 0) is 38.3 Å². The summed E-state index contributed by atoms with van der Waals surface area (Å²) in [5.41, 5.74) is 0. The number of Topliss-reactive ketones (excluding diaryl/α,β-unsaturated/α-hetero) is 1. The second-order valence-corrected chi connectivity index (χ2v) is 4.33. The summed E-state index contributed by atoms with van der Waals surface area (Å²) in [6.45, 7) is 7.67. The molecule has 82 valence electrons. The maximum Gasteiger partial charge on any atom is 0.132 e. The molecule has 0 unspecified atom stereocenters. The first-order valence-electron chi connectivity index (χ1n) is 6.00. The predicted octanol–water partition coefficient (Wildman–Crippen LogP) is 2.48. The average Bonchev–Trinajstić information content (AvgIpc) is 2.99. The van der Waals surface area contributed by atoms with Crippen molar-refractivity contribution in [3.63, 3.8) is 0 Å². The molecule has 0 aromatic heterocycles. The Balaban J connectivity index is 2.04. The lowest BCUT2D eigenvalue weighted by Gasteiger charge is -2.19. The second kappa shape index (κ2) is 6.18. The first-order chi connectivity index (χ1) is 6.76. The van der Waals surface area contributed by atoms with Gasteiger partial charge >= 0.3 is 0 Å². The van der Waals surface area contributed by atoms with Gasteiger partial charge in [0.05, 0.1) is 0 Å². The van der Waals surface area contributed by atoms with Crippen molar-refractivity contribution in [2.24, 2.45) is 5.92 Å². The summed E-state index contributed by atoms with van der Waals surface area (Å²) in [4.78, 5) is 13.6. The van der Waals surface area contributed by atoms with Crippen LogP contribution in [0.1, 0.15) is 46.0 Å². The van der Waals surface area contributed by atoms with Crippen molar-refractivity contribution in [3.8, 4) is 0 Å². The molecule has 0 atom stereocenters. The molecule has 0 heterocycles. The summed E-state index contributed by atoms with van der Waals surface area (Å²) >= 11 is 0. The number of carbonyl (C=O) groups is 1. The smallest absolute Gasteiger partial charge is 0.132 e. The molecular formula is C12H23NO. The maximum atomic E-state index is 11.1. The minimum atomic E-state index is 0.410. The second-order valence-electron chi connectivity index (χ2n) is 4.33. The summed E-state index contributed by atoms with van der Waals surface area (Å²) < 4.78 is 0. The lowest BCUT2D eigenvalue weighted by molar-refractivity contribution is -0.118. The van der Waals surface area contributed by atoms with Gasteiger partial charge in [-0.25, -0.2) is 0 Å². The molecule has 0 N–H and O–H groups in total. The molecule has 0 spiro atoms. The fourth-order valence-corrected chi connectivity index (χ4v) is 1.72.